The zero-order chi connectivity index (χ0) is 21.6. The topological polar surface area (TPSA) is 91.0 Å². The highest BCUT2D eigenvalue weighted by atomic mass is 16.5. The van der Waals surface area contributed by atoms with E-state index < -0.39 is 0 Å². The lowest BCUT2D eigenvalue weighted by atomic mass is 10.1. The van der Waals surface area contributed by atoms with E-state index in [0.29, 0.717) is 17.8 Å². The zero-order valence-electron chi connectivity index (χ0n) is 17.5. The number of hydrogen-bond donors (Lipinski definition) is 2. The average Bonchev–Trinajstić information content (AvgIpc) is 3.17. The third-order valence-corrected chi connectivity index (χ3v) is 5.41. The van der Waals surface area contributed by atoms with Crippen molar-refractivity contribution >= 4 is 21.9 Å². The smallest absolute Gasteiger partial charge is 0.336 e. The van der Waals surface area contributed by atoms with E-state index in [4.69, 9.17) is 14.4 Å². The van der Waals surface area contributed by atoms with Crippen LogP contribution in [0.1, 0.15) is 29.5 Å². The van der Waals surface area contributed by atoms with Gasteiger partial charge in [0, 0.05) is 35.1 Å². The molecular weight excluding hydrogens is 390 g/mol. The predicted octanol–water partition coefficient (Wildman–Crippen LogP) is 4.45. The average molecular weight is 415 g/mol. The Hall–Kier alpha value is -3.56. The number of aromatic nitrogens is 1. The SMILES string of the molecule is Cc1cc(=O)oc2ccc(OCCNCCCCc3c[nH]c4ccc(C#N)cc34)cc12. The maximum atomic E-state index is 11.4. The second kappa shape index (κ2) is 9.50. The van der Waals surface area contributed by atoms with Crippen LogP contribution in [-0.2, 0) is 6.42 Å². The molecule has 0 radical (unpaired) electrons. The van der Waals surface area contributed by atoms with Crippen LogP contribution in [0.3, 0.4) is 0 Å². The second-order valence-electron chi connectivity index (χ2n) is 7.65. The maximum Gasteiger partial charge on any atom is 0.336 e. The van der Waals surface area contributed by atoms with Gasteiger partial charge in [0.05, 0.1) is 11.6 Å². The molecule has 6 nitrogen and oxygen atoms in total. The number of H-pyrrole nitrogens is 1. The Labute approximate surface area is 180 Å². The van der Waals surface area contributed by atoms with Crippen molar-refractivity contribution in [1.29, 1.82) is 5.26 Å². The summed E-state index contributed by atoms with van der Waals surface area (Å²) in [6, 6.07) is 15.0. The molecule has 0 amide bonds. The fourth-order valence-electron chi connectivity index (χ4n) is 3.77. The number of nitriles is 1. The van der Waals surface area contributed by atoms with Gasteiger partial charge in [-0.1, -0.05) is 0 Å². The first kappa shape index (κ1) is 20.7. The fourth-order valence-corrected chi connectivity index (χ4v) is 3.77. The summed E-state index contributed by atoms with van der Waals surface area (Å²) in [5.74, 6) is 0.766. The standard InChI is InChI=1S/C25H25N3O3/c1-17-12-25(29)31-24-8-6-20(14-21(17)24)30-11-10-27-9-3-2-4-19-16-28-23-7-5-18(15-26)13-22(19)23/h5-8,12-14,16,27-28H,2-4,9-11H2,1H3. The normalized spacial score (nSPS) is 11.1. The molecule has 2 N–H and O–H groups in total. The van der Waals surface area contributed by atoms with Crippen LogP contribution in [0.5, 0.6) is 5.75 Å². The van der Waals surface area contributed by atoms with Gasteiger partial charge in [0.1, 0.15) is 17.9 Å². The lowest BCUT2D eigenvalue weighted by Crippen LogP contribution is -2.22. The lowest BCUT2D eigenvalue weighted by Gasteiger charge is -2.09. The molecule has 2 aromatic carbocycles. The Morgan fingerprint density at radius 2 is 2.00 bits per heavy atom. The van der Waals surface area contributed by atoms with Gasteiger partial charge in [-0.05, 0) is 80.3 Å². The third kappa shape index (κ3) is 4.96. The minimum absolute atomic E-state index is 0.334. The van der Waals surface area contributed by atoms with Crippen LogP contribution in [0.4, 0.5) is 0 Å². The summed E-state index contributed by atoms with van der Waals surface area (Å²) in [6.07, 6.45) is 5.18. The molecule has 31 heavy (non-hydrogen) atoms. The number of aryl methyl sites for hydroxylation is 2. The number of rotatable bonds is 9. The highest BCUT2D eigenvalue weighted by molar-refractivity contribution is 5.84. The lowest BCUT2D eigenvalue weighted by molar-refractivity contribution is 0.314. The van der Waals surface area contributed by atoms with E-state index >= 15 is 0 Å². The van der Waals surface area contributed by atoms with Crippen molar-refractivity contribution in [2.24, 2.45) is 0 Å². The molecule has 0 aliphatic rings. The van der Waals surface area contributed by atoms with E-state index in [2.05, 4.69) is 16.4 Å². The molecule has 0 aliphatic carbocycles. The van der Waals surface area contributed by atoms with Gasteiger partial charge >= 0.3 is 5.63 Å². The summed E-state index contributed by atoms with van der Waals surface area (Å²) in [5, 5.41) is 14.5. The summed E-state index contributed by atoms with van der Waals surface area (Å²) >= 11 is 0. The van der Waals surface area contributed by atoms with Gasteiger partial charge in [-0.2, -0.15) is 5.26 Å². The largest absolute Gasteiger partial charge is 0.492 e. The molecule has 2 heterocycles. The van der Waals surface area contributed by atoms with Gasteiger partial charge in [0.25, 0.3) is 0 Å². The summed E-state index contributed by atoms with van der Waals surface area (Å²) in [6.45, 7) is 4.15. The van der Waals surface area contributed by atoms with E-state index in [1.165, 1.54) is 11.6 Å². The quantitative estimate of drug-likeness (QED) is 0.311. The number of nitrogens with one attached hydrogen (secondary N) is 2. The van der Waals surface area contributed by atoms with Crippen molar-refractivity contribution in [1.82, 2.24) is 10.3 Å². The number of fused-ring (bicyclic) bond motifs is 2. The van der Waals surface area contributed by atoms with Crippen molar-refractivity contribution in [2.75, 3.05) is 19.7 Å². The number of hydrogen-bond acceptors (Lipinski definition) is 5. The molecular formula is C25H25N3O3. The van der Waals surface area contributed by atoms with Crippen molar-refractivity contribution in [2.45, 2.75) is 26.2 Å². The van der Waals surface area contributed by atoms with Gasteiger partial charge in [0.2, 0.25) is 0 Å². The summed E-state index contributed by atoms with van der Waals surface area (Å²) in [4.78, 5) is 14.7. The van der Waals surface area contributed by atoms with Crippen LogP contribution < -0.4 is 15.7 Å². The van der Waals surface area contributed by atoms with Gasteiger partial charge in [0.15, 0.2) is 0 Å². The molecule has 4 aromatic rings. The van der Waals surface area contributed by atoms with Gasteiger partial charge in [-0.25, -0.2) is 4.79 Å². The van der Waals surface area contributed by atoms with Crippen LogP contribution in [0, 0.1) is 18.3 Å². The van der Waals surface area contributed by atoms with Crippen molar-refractivity contribution in [3.8, 4) is 11.8 Å². The first-order valence-electron chi connectivity index (χ1n) is 10.5. The van der Waals surface area contributed by atoms with Crippen LogP contribution in [0.25, 0.3) is 21.9 Å². The molecule has 158 valence electrons. The number of benzene rings is 2. The van der Waals surface area contributed by atoms with Crippen molar-refractivity contribution < 1.29 is 9.15 Å². The monoisotopic (exact) mass is 415 g/mol. The van der Waals surface area contributed by atoms with Gasteiger partial charge in [-0.15, -0.1) is 0 Å². The number of ether oxygens (including phenoxy) is 1. The summed E-state index contributed by atoms with van der Waals surface area (Å²) in [5.41, 5.74) is 4.16. The van der Waals surface area contributed by atoms with E-state index in [1.54, 1.807) is 6.07 Å². The summed E-state index contributed by atoms with van der Waals surface area (Å²) < 4.78 is 11.0. The maximum absolute atomic E-state index is 11.4. The summed E-state index contributed by atoms with van der Waals surface area (Å²) in [7, 11) is 0. The predicted molar refractivity (Wildman–Crippen MR) is 122 cm³/mol. The molecule has 6 heteroatoms. The molecule has 0 atom stereocenters. The first-order chi connectivity index (χ1) is 15.1. The number of aromatic amines is 1. The first-order valence-corrected chi connectivity index (χ1v) is 10.5. The van der Waals surface area contributed by atoms with Gasteiger partial charge in [-0.3, -0.25) is 0 Å². The Kier molecular flexibility index (Phi) is 6.34. The van der Waals surface area contributed by atoms with Crippen LogP contribution in [0.15, 0.2) is 57.9 Å². The fraction of sp³-hybridized carbons (Fsp3) is 0.280. The zero-order valence-corrected chi connectivity index (χ0v) is 17.5. The Morgan fingerprint density at radius 1 is 1.10 bits per heavy atom. The van der Waals surface area contributed by atoms with E-state index in [1.807, 2.05) is 43.5 Å². The molecule has 0 saturated heterocycles. The van der Waals surface area contributed by atoms with Crippen LogP contribution >= 0.6 is 0 Å². The second-order valence-corrected chi connectivity index (χ2v) is 7.65. The third-order valence-electron chi connectivity index (χ3n) is 5.41. The molecule has 0 spiro atoms. The number of nitrogens with zero attached hydrogens (tertiary/aromatic N) is 1. The molecule has 0 aliphatic heterocycles. The van der Waals surface area contributed by atoms with E-state index in [0.717, 1.165) is 60.0 Å². The molecule has 2 aromatic heterocycles. The van der Waals surface area contributed by atoms with Crippen LogP contribution in [-0.4, -0.2) is 24.7 Å². The minimum Gasteiger partial charge on any atom is -0.492 e. The minimum atomic E-state index is -0.334. The van der Waals surface area contributed by atoms with Crippen molar-refractivity contribution in [3.63, 3.8) is 0 Å². The Balaban J connectivity index is 1.17. The highest BCUT2D eigenvalue weighted by Crippen LogP contribution is 2.23. The molecule has 0 fully saturated rings. The van der Waals surface area contributed by atoms with E-state index in [9.17, 15) is 4.79 Å². The van der Waals surface area contributed by atoms with E-state index in [-0.39, 0.29) is 5.63 Å². The highest BCUT2D eigenvalue weighted by Gasteiger charge is 2.06. The Morgan fingerprint density at radius 3 is 2.87 bits per heavy atom. The molecule has 0 saturated carbocycles. The van der Waals surface area contributed by atoms with Gasteiger partial charge < -0.3 is 19.5 Å². The molecule has 0 bridgehead atoms. The number of unbranched alkanes of at least 4 members (excludes halogenated alkanes) is 1. The van der Waals surface area contributed by atoms with Crippen LogP contribution in [0.2, 0.25) is 0 Å². The van der Waals surface area contributed by atoms with Crippen molar-refractivity contribution in [3.05, 3.63) is 75.8 Å². The molecule has 0 unspecified atom stereocenters. The Bertz CT molecular complexity index is 1300. The molecule has 4 rings (SSSR count).